The van der Waals surface area contributed by atoms with E-state index in [1.807, 2.05) is 91.0 Å². The van der Waals surface area contributed by atoms with E-state index in [4.69, 9.17) is 9.15 Å². The summed E-state index contributed by atoms with van der Waals surface area (Å²) in [4.78, 5) is 65.5. The van der Waals surface area contributed by atoms with E-state index in [1.54, 1.807) is 36.4 Å². The number of imide groups is 1. The fourth-order valence-corrected chi connectivity index (χ4v) is 10.1. The van der Waals surface area contributed by atoms with Crippen molar-refractivity contribution in [3.8, 4) is 23.0 Å². The molecule has 6 atom stereocenters. The number of aromatic nitrogens is 1. The van der Waals surface area contributed by atoms with Gasteiger partial charge >= 0.3 is 0 Å². The number of phenolic OH excluding ortho intramolecular Hbond substituents is 1. The van der Waals surface area contributed by atoms with Crippen molar-refractivity contribution >= 4 is 45.7 Å². The van der Waals surface area contributed by atoms with Crippen molar-refractivity contribution < 1.29 is 33.4 Å². The second-order valence-electron chi connectivity index (χ2n) is 15.3. The van der Waals surface area contributed by atoms with Gasteiger partial charge in [0.25, 0.3) is 0 Å². The van der Waals surface area contributed by atoms with E-state index < -0.39 is 35.0 Å². The predicted octanol–water partition coefficient (Wildman–Crippen LogP) is 8.24. The van der Waals surface area contributed by atoms with Crippen LogP contribution in [-0.2, 0) is 24.6 Å². The molecule has 3 aliphatic carbocycles. The van der Waals surface area contributed by atoms with Crippen molar-refractivity contribution in [2.24, 2.45) is 23.7 Å². The first kappa shape index (κ1) is 34.6. The molecule has 9 heteroatoms. The number of ether oxygens (including phenoxy) is 1. The van der Waals surface area contributed by atoms with Gasteiger partial charge in [-0.3, -0.25) is 24.1 Å². The van der Waals surface area contributed by atoms with Crippen LogP contribution in [-0.4, -0.2) is 40.6 Å². The highest BCUT2D eigenvalue weighted by Gasteiger charge is 2.66. The number of hydrogen-bond acceptors (Lipinski definition) is 8. The van der Waals surface area contributed by atoms with Crippen LogP contribution in [0, 0.1) is 23.7 Å². The molecular formula is C48H36N2O7. The first-order valence-electron chi connectivity index (χ1n) is 19.1. The lowest BCUT2D eigenvalue weighted by molar-refractivity contribution is -0.135. The van der Waals surface area contributed by atoms with Crippen LogP contribution >= 0.6 is 0 Å². The highest BCUT2D eigenvalue weighted by atomic mass is 16.5. The average Bonchev–Trinajstić information content (AvgIpc) is 3.80. The summed E-state index contributed by atoms with van der Waals surface area (Å²) < 4.78 is 11.5. The standard InChI is InChI=1S/C48H36N2O7/c1-56-40-24-29(18-23-38(40)51)43-32-21-22-33-42(47(55)50(46(33)54)31-19-16-28(17-20-31)45-49-37-14-8-9-15-39(37)57-45)35(32)25-36-44(53)34(27-10-4-2-5-11-27)26-41(52)48(36,43)30-12-6-3-7-13-30/h2-21,23-24,26,33,35-36,42-43,51H,22,25H2,1H3/t33-,35+,36-,42-,43-,48-/m0/s1. The first-order valence-corrected chi connectivity index (χ1v) is 19.1. The van der Waals surface area contributed by atoms with E-state index in [1.165, 1.54) is 24.2 Å². The summed E-state index contributed by atoms with van der Waals surface area (Å²) in [7, 11) is 1.46. The molecule has 9 nitrogen and oxygen atoms in total. The summed E-state index contributed by atoms with van der Waals surface area (Å²) in [5.41, 5.74) is 4.28. The number of hydrogen-bond donors (Lipinski definition) is 1. The van der Waals surface area contributed by atoms with Gasteiger partial charge in [0.2, 0.25) is 17.7 Å². The van der Waals surface area contributed by atoms with Crippen LogP contribution in [0.2, 0.25) is 0 Å². The molecule has 1 saturated heterocycles. The summed E-state index contributed by atoms with van der Waals surface area (Å²) in [6.45, 7) is 0. The van der Waals surface area contributed by atoms with Gasteiger partial charge in [-0.05, 0) is 90.1 Å². The van der Waals surface area contributed by atoms with E-state index in [0.717, 1.165) is 11.1 Å². The molecule has 0 bridgehead atoms. The SMILES string of the molecule is COc1cc([C@H]2C3=CC[C@@H]4C(=O)N(c5ccc(-c6nc7ccccc7o6)cc5)C(=O)[C@@H]4[C@@H]3C[C@H]3C(=O)C(c4ccccc4)=CC(=O)[C@@]23c2ccccc2)ccc1O. The second kappa shape index (κ2) is 13.1. The quantitative estimate of drug-likeness (QED) is 0.133. The largest absolute Gasteiger partial charge is 0.504 e. The van der Waals surface area contributed by atoms with E-state index >= 15 is 9.59 Å². The number of fused-ring (bicyclic) bond motifs is 5. The number of anilines is 1. The highest BCUT2D eigenvalue weighted by Crippen LogP contribution is 2.64. The number of carbonyl (C=O) groups excluding carboxylic acids is 4. The Bertz CT molecular complexity index is 2670. The third-order valence-electron chi connectivity index (χ3n) is 12.6. The average molecular weight is 753 g/mol. The Morgan fingerprint density at radius 2 is 1.51 bits per heavy atom. The fraction of sp³-hybridized carbons (Fsp3) is 0.188. The van der Waals surface area contributed by atoms with Crippen LogP contribution in [0.1, 0.15) is 35.4 Å². The normalized spacial score (nSPS) is 25.4. The number of rotatable bonds is 6. The summed E-state index contributed by atoms with van der Waals surface area (Å²) in [5.74, 6) is -4.02. The number of oxazole rings is 1. The third-order valence-corrected chi connectivity index (χ3v) is 12.6. The number of amides is 2. The Labute approximate surface area is 327 Å². The molecule has 280 valence electrons. The van der Waals surface area contributed by atoms with Crippen molar-refractivity contribution in [1.82, 2.24) is 4.98 Å². The van der Waals surface area contributed by atoms with Crippen molar-refractivity contribution in [2.45, 2.75) is 24.2 Å². The molecule has 1 N–H and O–H groups in total. The molecule has 2 fully saturated rings. The molecule has 2 amide bonds. The van der Waals surface area contributed by atoms with Crippen LogP contribution in [0.25, 0.3) is 28.1 Å². The predicted molar refractivity (Wildman–Crippen MR) is 213 cm³/mol. The summed E-state index contributed by atoms with van der Waals surface area (Å²) in [6.07, 6.45) is 3.99. The number of para-hydroxylation sites is 2. The number of phenols is 1. The lowest BCUT2D eigenvalue weighted by Gasteiger charge is -2.55. The third kappa shape index (κ3) is 5.11. The Morgan fingerprint density at radius 1 is 0.789 bits per heavy atom. The molecule has 0 spiro atoms. The van der Waals surface area contributed by atoms with Gasteiger partial charge in [0.1, 0.15) is 5.52 Å². The zero-order chi connectivity index (χ0) is 39.0. The molecule has 2 heterocycles. The Hall–Kier alpha value is -6.87. The van der Waals surface area contributed by atoms with E-state index in [0.29, 0.717) is 45.0 Å². The van der Waals surface area contributed by atoms with Crippen LogP contribution in [0.4, 0.5) is 5.69 Å². The molecule has 1 aliphatic heterocycles. The number of nitrogens with zero attached hydrogens (tertiary/aromatic N) is 2. The molecule has 0 unspecified atom stereocenters. The van der Waals surface area contributed by atoms with Gasteiger partial charge in [-0.25, -0.2) is 4.98 Å². The number of Topliss-reactive ketones (excluding diaryl/α,β-unsaturated/α-hetero) is 1. The number of carbonyl (C=O) groups is 4. The minimum atomic E-state index is -1.39. The van der Waals surface area contributed by atoms with Gasteiger partial charge < -0.3 is 14.3 Å². The Balaban J connectivity index is 1.10. The lowest BCUT2D eigenvalue weighted by Crippen LogP contribution is -2.58. The van der Waals surface area contributed by atoms with E-state index in [2.05, 4.69) is 4.98 Å². The van der Waals surface area contributed by atoms with Gasteiger partial charge in [0, 0.05) is 23.0 Å². The number of benzene rings is 5. The molecule has 10 rings (SSSR count). The van der Waals surface area contributed by atoms with Gasteiger partial charge in [0.05, 0.1) is 30.0 Å². The lowest BCUT2D eigenvalue weighted by atomic mass is 9.44. The topological polar surface area (TPSA) is 127 Å². The molecule has 5 aromatic carbocycles. The maximum atomic E-state index is 15.2. The number of ketones is 2. The number of aromatic hydroxyl groups is 1. The monoisotopic (exact) mass is 752 g/mol. The molecule has 0 radical (unpaired) electrons. The van der Waals surface area contributed by atoms with Crippen molar-refractivity contribution in [2.75, 3.05) is 12.0 Å². The summed E-state index contributed by atoms with van der Waals surface area (Å²) in [6, 6.07) is 38.1. The summed E-state index contributed by atoms with van der Waals surface area (Å²) in [5, 5.41) is 10.7. The van der Waals surface area contributed by atoms with Crippen LogP contribution in [0.15, 0.2) is 150 Å². The molecule has 1 aromatic heterocycles. The molecule has 4 aliphatic rings. The fourth-order valence-electron chi connectivity index (χ4n) is 10.1. The highest BCUT2D eigenvalue weighted by molar-refractivity contribution is 6.32. The van der Waals surface area contributed by atoms with Gasteiger partial charge in [-0.15, -0.1) is 0 Å². The number of methoxy groups -OCH3 is 1. The smallest absolute Gasteiger partial charge is 0.238 e. The Kier molecular flexibility index (Phi) is 7.97. The molecule has 6 aromatic rings. The minimum absolute atomic E-state index is 0.0664. The van der Waals surface area contributed by atoms with Gasteiger partial charge in [-0.1, -0.05) is 90.5 Å². The van der Waals surface area contributed by atoms with Crippen LogP contribution in [0.5, 0.6) is 11.5 Å². The second-order valence-corrected chi connectivity index (χ2v) is 15.3. The van der Waals surface area contributed by atoms with Crippen LogP contribution in [0.3, 0.4) is 0 Å². The Morgan fingerprint density at radius 3 is 2.25 bits per heavy atom. The van der Waals surface area contributed by atoms with Crippen LogP contribution < -0.4 is 9.64 Å². The maximum Gasteiger partial charge on any atom is 0.238 e. The van der Waals surface area contributed by atoms with E-state index in [-0.39, 0.29) is 47.7 Å². The zero-order valence-electron chi connectivity index (χ0n) is 30.9. The summed E-state index contributed by atoms with van der Waals surface area (Å²) >= 11 is 0. The van der Waals surface area contributed by atoms with E-state index in [9.17, 15) is 14.7 Å². The van der Waals surface area contributed by atoms with Gasteiger partial charge in [0.15, 0.2) is 28.6 Å². The zero-order valence-corrected chi connectivity index (χ0v) is 30.9. The minimum Gasteiger partial charge on any atom is -0.504 e. The molecule has 1 saturated carbocycles. The first-order chi connectivity index (χ1) is 27.8. The number of allylic oxidation sites excluding steroid dienone is 4. The van der Waals surface area contributed by atoms with Crippen molar-refractivity contribution in [3.05, 3.63) is 162 Å². The van der Waals surface area contributed by atoms with Crippen molar-refractivity contribution in [3.63, 3.8) is 0 Å². The maximum absolute atomic E-state index is 15.2. The van der Waals surface area contributed by atoms with Gasteiger partial charge in [-0.2, -0.15) is 0 Å². The molecule has 57 heavy (non-hydrogen) atoms. The molecular weight excluding hydrogens is 717 g/mol. The van der Waals surface area contributed by atoms with Crippen molar-refractivity contribution in [1.29, 1.82) is 0 Å².